The van der Waals surface area contributed by atoms with E-state index in [1.54, 1.807) is 11.1 Å². The molecule has 18 heavy (non-hydrogen) atoms. The maximum atomic E-state index is 2.66. The predicted octanol–water partition coefficient (Wildman–Crippen LogP) is 3.62. The fourth-order valence-electron chi connectivity index (χ4n) is 4.46. The summed E-state index contributed by atoms with van der Waals surface area (Å²) in [5.41, 5.74) is 3.59. The van der Waals surface area contributed by atoms with Gasteiger partial charge in [-0.2, -0.15) is 0 Å². The lowest BCUT2D eigenvalue weighted by Crippen LogP contribution is -2.60. The molecule has 0 N–H and O–H groups in total. The zero-order chi connectivity index (χ0) is 12.9. The van der Waals surface area contributed by atoms with Gasteiger partial charge in [0.05, 0.1) is 0 Å². The van der Waals surface area contributed by atoms with Crippen molar-refractivity contribution in [2.75, 3.05) is 7.05 Å². The Bertz CT molecular complexity index is 453. The summed E-state index contributed by atoms with van der Waals surface area (Å²) in [6.45, 7) is 7.30. The molecule has 2 bridgehead atoms. The van der Waals surface area contributed by atoms with Crippen LogP contribution >= 0.6 is 0 Å². The van der Waals surface area contributed by atoms with Crippen molar-refractivity contribution in [2.24, 2.45) is 5.92 Å². The Balaban J connectivity index is 2.11. The van der Waals surface area contributed by atoms with Crippen molar-refractivity contribution in [2.45, 2.75) is 57.5 Å². The first kappa shape index (κ1) is 12.2. The van der Waals surface area contributed by atoms with Crippen molar-refractivity contribution in [1.29, 1.82) is 0 Å². The summed E-state index contributed by atoms with van der Waals surface area (Å²) < 4.78 is 0. The van der Waals surface area contributed by atoms with E-state index in [0.717, 1.165) is 18.0 Å². The highest BCUT2D eigenvalue weighted by Gasteiger charge is 2.50. The fourth-order valence-corrected chi connectivity index (χ4v) is 4.46. The van der Waals surface area contributed by atoms with Gasteiger partial charge in [0, 0.05) is 12.1 Å². The lowest BCUT2D eigenvalue weighted by molar-refractivity contribution is 0.00309. The van der Waals surface area contributed by atoms with Crippen LogP contribution in [-0.2, 0) is 11.8 Å². The molecule has 0 spiro atoms. The predicted molar refractivity (Wildman–Crippen MR) is 76.9 cm³/mol. The molecule has 1 saturated heterocycles. The second-order valence-electron chi connectivity index (χ2n) is 6.57. The maximum absolute atomic E-state index is 2.66. The van der Waals surface area contributed by atoms with Crippen LogP contribution in [0.5, 0.6) is 0 Å². The number of hydrogen-bond donors (Lipinski definition) is 0. The zero-order valence-electron chi connectivity index (χ0n) is 12.1. The van der Waals surface area contributed by atoms with Gasteiger partial charge in [-0.25, -0.2) is 0 Å². The second-order valence-corrected chi connectivity index (χ2v) is 6.57. The quantitative estimate of drug-likeness (QED) is 0.728. The summed E-state index contributed by atoms with van der Waals surface area (Å²) in [7, 11) is 2.34. The van der Waals surface area contributed by atoms with Crippen molar-refractivity contribution in [3.8, 4) is 0 Å². The van der Waals surface area contributed by atoms with Crippen LogP contribution in [0.1, 0.15) is 44.7 Å². The smallest absolute Gasteiger partial charge is 0.0170 e. The number of fused-ring (bicyclic) bond motifs is 4. The third-order valence-corrected chi connectivity index (χ3v) is 5.87. The molecule has 1 aliphatic carbocycles. The van der Waals surface area contributed by atoms with Crippen LogP contribution in [0.15, 0.2) is 24.3 Å². The highest BCUT2D eigenvalue weighted by molar-refractivity contribution is 5.40. The molecule has 1 aromatic carbocycles. The molecule has 1 fully saturated rings. The number of rotatable bonds is 1. The number of nitrogens with zero attached hydrogens (tertiary/aromatic N) is 1. The Kier molecular flexibility index (Phi) is 2.78. The molecular weight excluding hydrogens is 218 g/mol. The number of likely N-dealkylation sites (N-methyl/N-ethyl adjacent to an activating group) is 1. The van der Waals surface area contributed by atoms with Crippen molar-refractivity contribution >= 4 is 0 Å². The van der Waals surface area contributed by atoms with E-state index in [-0.39, 0.29) is 0 Å². The molecular formula is C17H25N. The Morgan fingerprint density at radius 3 is 2.78 bits per heavy atom. The van der Waals surface area contributed by atoms with Crippen LogP contribution < -0.4 is 0 Å². The summed E-state index contributed by atoms with van der Waals surface area (Å²) in [6, 6.07) is 10.6. The van der Waals surface area contributed by atoms with Crippen LogP contribution in [0.2, 0.25) is 0 Å². The molecule has 0 saturated carbocycles. The average molecular weight is 243 g/mol. The second kappa shape index (κ2) is 4.09. The van der Waals surface area contributed by atoms with Crippen LogP contribution in [0.25, 0.3) is 0 Å². The van der Waals surface area contributed by atoms with Crippen LogP contribution in [0.3, 0.4) is 0 Å². The maximum Gasteiger partial charge on any atom is 0.0170 e. The molecule has 1 aliphatic heterocycles. The largest absolute Gasteiger partial charge is 0.300 e. The number of benzene rings is 1. The van der Waals surface area contributed by atoms with Gasteiger partial charge >= 0.3 is 0 Å². The lowest BCUT2D eigenvalue weighted by Gasteiger charge is -2.57. The van der Waals surface area contributed by atoms with E-state index in [0.29, 0.717) is 5.41 Å². The molecule has 1 nitrogen and oxygen atoms in total. The normalized spacial score (nSPS) is 39.4. The molecule has 1 aromatic rings. The molecule has 1 heterocycles. The third-order valence-electron chi connectivity index (χ3n) is 5.87. The van der Waals surface area contributed by atoms with Crippen molar-refractivity contribution in [1.82, 2.24) is 4.90 Å². The van der Waals surface area contributed by atoms with E-state index >= 15 is 0 Å². The molecule has 0 aromatic heterocycles. The standard InChI is InChI=1S/C17H25N/c1-5-14-11-17(3)12(2)16(18(14)4)10-13-8-6-7-9-15(13)17/h6-9,12,14,16H,5,10-11H2,1-4H3. The van der Waals surface area contributed by atoms with Gasteiger partial charge in [-0.05, 0) is 48.8 Å². The SMILES string of the molecule is CCC1CC2(C)c3ccccc3CC(C2C)N1C. The monoisotopic (exact) mass is 243 g/mol. The number of piperidine rings is 1. The van der Waals surface area contributed by atoms with Crippen molar-refractivity contribution in [3.63, 3.8) is 0 Å². The highest BCUT2D eigenvalue weighted by atomic mass is 15.2. The van der Waals surface area contributed by atoms with Crippen LogP contribution in [0.4, 0.5) is 0 Å². The van der Waals surface area contributed by atoms with Crippen molar-refractivity contribution in [3.05, 3.63) is 35.4 Å². The molecule has 2 aliphatic rings. The van der Waals surface area contributed by atoms with Crippen LogP contribution in [-0.4, -0.2) is 24.0 Å². The summed E-state index contributed by atoms with van der Waals surface area (Å²) in [6.07, 6.45) is 3.83. The molecule has 3 rings (SSSR count). The minimum atomic E-state index is 0.382. The van der Waals surface area contributed by atoms with Gasteiger partial charge in [-0.3, -0.25) is 4.90 Å². The lowest BCUT2D eigenvalue weighted by atomic mass is 9.57. The van der Waals surface area contributed by atoms with Gasteiger partial charge in [0.2, 0.25) is 0 Å². The molecule has 4 atom stereocenters. The Labute approximate surface area is 111 Å². The van der Waals surface area contributed by atoms with E-state index < -0.39 is 0 Å². The highest BCUT2D eigenvalue weighted by Crippen LogP contribution is 2.50. The molecule has 0 amide bonds. The summed E-state index contributed by atoms with van der Waals surface area (Å²) >= 11 is 0. The third kappa shape index (κ3) is 1.50. The molecule has 4 unspecified atom stereocenters. The number of hydrogen-bond acceptors (Lipinski definition) is 1. The van der Waals surface area contributed by atoms with Gasteiger partial charge in [-0.15, -0.1) is 0 Å². The van der Waals surface area contributed by atoms with E-state index in [4.69, 9.17) is 0 Å². The Hall–Kier alpha value is -0.820. The molecule has 98 valence electrons. The fraction of sp³-hybridized carbons (Fsp3) is 0.647. The van der Waals surface area contributed by atoms with E-state index in [9.17, 15) is 0 Å². The van der Waals surface area contributed by atoms with Gasteiger partial charge in [0.1, 0.15) is 0 Å². The number of likely N-dealkylation sites (tertiary alicyclic amines) is 1. The first-order valence-electron chi connectivity index (χ1n) is 7.38. The Morgan fingerprint density at radius 1 is 1.33 bits per heavy atom. The average Bonchev–Trinajstić information content (AvgIpc) is 2.38. The summed E-state index contributed by atoms with van der Waals surface area (Å²) in [4.78, 5) is 2.66. The molecule has 1 heteroatoms. The molecule has 0 radical (unpaired) electrons. The van der Waals surface area contributed by atoms with Gasteiger partial charge < -0.3 is 0 Å². The minimum Gasteiger partial charge on any atom is -0.300 e. The minimum absolute atomic E-state index is 0.382. The first-order chi connectivity index (χ1) is 8.58. The van der Waals surface area contributed by atoms with E-state index in [1.807, 2.05) is 0 Å². The zero-order valence-corrected chi connectivity index (χ0v) is 12.1. The van der Waals surface area contributed by atoms with Crippen molar-refractivity contribution < 1.29 is 0 Å². The van der Waals surface area contributed by atoms with Crippen LogP contribution in [0, 0.1) is 5.92 Å². The first-order valence-corrected chi connectivity index (χ1v) is 7.38. The summed E-state index contributed by atoms with van der Waals surface area (Å²) in [5.74, 6) is 0.764. The van der Waals surface area contributed by atoms with Gasteiger partial charge in [0.25, 0.3) is 0 Å². The summed E-state index contributed by atoms with van der Waals surface area (Å²) in [5, 5.41) is 0. The van der Waals surface area contributed by atoms with E-state index in [1.165, 1.54) is 19.3 Å². The van der Waals surface area contributed by atoms with E-state index in [2.05, 4.69) is 57.0 Å². The topological polar surface area (TPSA) is 3.24 Å². The van der Waals surface area contributed by atoms with Gasteiger partial charge in [-0.1, -0.05) is 45.0 Å². The Morgan fingerprint density at radius 2 is 2.06 bits per heavy atom. The van der Waals surface area contributed by atoms with Gasteiger partial charge in [0.15, 0.2) is 0 Å².